The van der Waals surface area contributed by atoms with Crippen molar-refractivity contribution < 1.29 is 23.8 Å². The van der Waals surface area contributed by atoms with E-state index in [-0.39, 0.29) is 31.1 Å². The fourth-order valence-electron chi connectivity index (χ4n) is 2.86. The number of benzene rings is 1. The maximum Gasteiger partial charge on any atom is 0.325 e. The summed E-state index contributed by atoms with van der Waals surface area (Å²) in [5.74, 6) is -3.23. The van der Waals surface area contributed by atoms with Crippen LogP contribution >= 0.6 is 0 Å². The molecule has 0 saturated heterocycles. The molecule has 2 rings (SSSR count). The van der Waals surface area contributed by atoms with E-state index >= 15 is 0 Å². The van der Waals surface area contributed by atoms with Crippen LogP contribution in [0.15, 0.2) is 46.5 Å². The van der Waals surface area contributed by atoms with Gasteiger partial charge >= 0.3 is 11.9 Å². The quantitative estimate of drug-likeness (QED) is 0.360. The number of methoxy groups -OCH3 is 1. The molecule has 29 heavy (non-hydrogen) atoms. The Morgan fingerprint density at radius 2 is 1.76 bits per heavy atom. The lowest BCUT2D eigenvalue weighted by atomic mass is 10.0. The van der Waals surface area contributed by atoms with Crippen molar-refractivity contribution in [1.82, 2.24) is 4.57 Å². The first-order chi connectivity index (χ1) is 14.0. The number of hydrogen-bond donors (Lipinski definition) is 0. The molecule has 0 amide bonds. The Balaban J connectivity index is 2.63. The lowest BCUT2D eigenvalue weighted by molar-refractivity contribution is -0.157. The molecular weight excluding hydrogens is 380 g/mol. The molecule has 1 aromatic heterocycles. The van der Waals surface area contributed by atoms with Crippen LogP contribution in [-0.2, 0) is 30.4 Å². The second-order valence-electron chi connectivity index (χ2n) is 5.91. The van der Waals surface area contributed by atoms with Crippen LogP contribution < -0.4 is 5.56 Å². The van der Waals surface area contributed by atoms with Gasteiger partial charge in [0.2, 0.25) is 0 Å². The van der Waals surface area contributed by atoms with Gasteiger partial charge in [0.25, 0.3) is 5.56 Å². The smallest absolute Gasteiger partial charge is 0.325 e. The van der Waals surface area contributed by atoms with Crippen molar-refractivity contribution in [3.05, 3.63) is 62.9 Å². The number of aromatic nitrogens is 1. The molecule has 1 heterocycles. The minimum absolute atomic E-state index is 0.0495. The molecule has 154 valence electrons. The topological polar surface area (TPSA) is 113 Å². The first kappa shape index (κ1) is 22.0. The van der Waals surface area contributed by atoms with Gasteiger partial charge in [-0.15, -0.1) is 4.91 Å². The molecule has 0 saturated carbocycles. The molecule has 0 N–H and O–H groups in total. The molecule has 0 atom stereocenters. The Kier molecular flexibility index (Phi) is 7.79. The molecule has 0 aliphatic carbocycles. The summed E-state index contributed by atoms with van der Waals surface area (Å²) in [4.78, 5) is 48.7. The van der Waals surface area contributed by atoms with E-state index in [9.17, 15) is 19.3 Å². The molecular formula is C20H22N2O7. The fourth-order valence-corrected chi connectivity index (χ4v) is 2.86. The van der Waals surface area contributed by atoms with Crippen LogP contribution in [0.1, 0.15) is 30.9 Å². The molecule has 9 heteroatoms. The van der Waals surface area contributed by atoms with Crippen molar-refractivity contribution in [1.29, 1.82) is 0 Å². The minimum atomic E-state index is -1.50. The van der Waals surface area contributed by atoms with Crippen LogP contribution in [0.4, 0.5) is 5.69 Å². The second kappa shape index (κ2) is 10.3. The molecule has 0 fully saturated rings. The lowest BCUT2D eigenvalue weighted by Gasteiger charge is -2.17. The number of pyridine rings is 1. The van der Waals surface area contributed by atoms with E-state index in [4.69, 9.17) is 14.2 Å². The maximum atomic E-state index is 13.2. The molecule has 0 spiro atoms. The third kappa shape index (κ3) is 4.94. The van der Waals surface area contributed by atoms with Crippen molar-refractivity contribution >= 4 is 17.6 Å². The Hall–Kier alpha value is -3.33. The summed E-state index contributed by atoms with van der Waals surface area (Å²) in [5, 5.41) is 2.89. The van der Waals surface area contributed by atoms with Gasteiger partial charge < -0.3 is 14.2 Å². The molecule has 0 unspecified atom stereocenters. The van der Waals surface area contributed by atoms with Crippen molar-refractivity contribution in [2.24, 2.45) is 5.18 Å². The first-order valence-corrected chi connectivity index (χ1v) is 8.98. The number of hydrogen-bond acceptors (Lipinski definition) is 8. The molecule has 1 aromatic carbocycles. The molecule has 2 aromatic rings. The van der Waals surface area contributed by atoms with Gasteiger partial charge in [-0.2, -0.15) is 0 Å². The Labute approximate surface area is 167 Å². The largest absolute Gasteiger partial charge is 0.465 e. The highest BCUT2D eigenvalue weighted by Crippen LogP contribution is 2.23. The van der Waals surface area contributed by atoms with E-state index in [0.717, 1.165) is 0 Å². The van der Waals surface area contributed by atoms with Gasteiger partial charge in [-0.05, 0) is 43.3 Å². The average Bonchev–Trinajstić information content (AvgIpc) is 2.70. The molecule has 0 aliphatic heterocycles. The standard InChI is InChI=1S/C20H22N2O7/c1-4-28-19(24)17(20(25)29-5-2)15-7-6-10-22(18(15)23)16-9-8-14(21-26)11-13(16)12-27-3/h6-11,17H,4-5,12H2,1-3H3. The number of nitrogens with zero attached hydrogens (tertiary/aromatic N) is 2. The first-order valence-electron chi connectivity index (χ1n) is 8.98. The van der Waals surface area contributed by atoms with Gasteiger partial charge in [-0.25, -0.2) is 0 Å². The lowest BCUT2D eigenvalue weighted by Crippen LogP contribution is -2.33. The molecule has 0 bridgehead atoms. The predicted molar refractivity (Wildman–Crippen MR) is 104 cm³/mol. The number of carbonyl (C=O) groups excluding carboxylic acids is 2. The highest BCUT2D eigenvalue weighted by molar-refractivity contribution is 6.00. The monoisotopic (exact) mass is 402 g/mol. The Morgan fingerprint density at radius 3 is 2.31 bits per heavy atom. The van der Waals surface area contributed by atoms with Gasteiger partial charge in [0.05, 0.1) is 25.5 Å². The van der Waals surface area contributed by atoms with Crippen LogP contribution in [0.25, 0.3) is 5.69 Å². The van der Waals surface area contributed by atoms with E-state index in [1.165, 1.54) is 42.1 Å². The summed E-state index contributed by atoms with van der Waals surface area (Å²) in [7, 11) is 1.47. The van der Waals surface area contributed by atoms with Crippen molar-refractivity contribution in [3.63, 3.8) is 0 Å². The van der Waals surface area contributed by atoms with E-state index in [0.29, 0.717) is 11.3 Å². The van der Waals surface area contributed by atoms with Gasteiger partial charge in [-0.3, -0.25) is 19.0 Å². The van der Waals surface area contributed by atoms with Crippen molar-refractivity contribution in [2.75, 3.05) is 20.3 Å². The summed E-state index contributed by atoms with van der Waals surface area (Å²) < 4.78 is 16.3. The van der Waals surface area contributed by atoms with Gasteiger partial charge in [-0.1, -0.05) is 6.07 Å². The highest BCUT2D eigenvalue weighted by atomic mass is 16.6. The van der Waals surface area contributed by atoms with E-state index < -0.39 is 23.4 Å². The summed E-state index contributed by atoms with van der Waals surface area (Å²) in [5.41, 5.74) is 0.472. The van der Waals surface area contributed by atoms with E-state index in [1.807, 2.05) is 0 Å². The van der Waals surface area contributed by atoms with Gasteiger partial charge in [0, 0.05) is 24.4 Å². The Morgan fingerprint density at radius 1 is 1.10 bits per heavy atom. The molecule has 0 aliphatic rings. The van der Waals surface area contributed by atoms with Crippen LogP contribution in [0, 0.1) is 4.91 Å². The summed E-state index contributed by atoms with van der Waals surface area (Å²) >= 11 is 0. The Bertz CT molecular complexity index is 934. The van der Waals surface area contributed by atoms with Gasteiger partial charge in [0.1, 0.15) is 5.69 Å². The second-order valence-corrected chi connectivity index (χ2v) is 5.91. The fraction of sp³-hybridized carbons (Fsp3) is 0.350. The number of rotatable bonds is 9. The number of nitroso groups, excluding NO2 is 1. The predicted octanol–water partition coefficient (Wildman–Crippen LogP) is 2.59. The zero-order valence-electron chi connectivity index (χ0n) is 16.4. The van der Waals surface area contributed by atoms with Crippen LogP contribution in [0.2, 0.25) is 0 Å². The number of esters is 2. The maximum absolute atomic E-state index is 13.2. The zero-order valence-corrected chi connectivity index (χ0v) is 16.4. The van der Waals surface area contributed by atoms with Crippen LogP contribution in [0.3, 0.4) is 0 Å². The average molecular weight is 402 g/mol. The minimum Gasteiger partial charge on any atom is -0.465 e. The molecule has 9 nitrogen and oxygen atoms in total. The van der Waals surface area contributed by atoms with E-state index in [1.54, 1.807) is 19.9 Å². The van der Waals surface area contributed by atoms with E-state index in [2.05, 4.69) is 5.18 Å². The van der Waals surface area contributed by atoms with Crippen molar-refractivity contribution in [2.45, 2.75) is 26.4 Å². The number of carbonyl (C=O) groups is 2. The summed E-state index contributed by atoms with van der Waals surface area (Å²) in [6.07, 6.45) is 1.49. The molecule has 0 radical (unpaired) electrons. The third-order valence-corrected chi connectivity index (χ3v) is 4.06. The third-order valence-electron chi connectivity index (χ3n) is 4.06. The van der Waals surface area contributed by atoms with Gasteiger partial charge in [0.15, 0.2) is 5.92 Å². The van der Waals surface area contributed by atoms with Crippen molar-refractivity contribution in [3.8, 4) is 5.69 Å². The van der Waals surface area contributed by atoms with Crippen LogP contribution in [-0.4, -0.2) is 36.8 Å². The summed E-state index contributed by atoms with van der Waals surface area (Å²) in [6.45, 7) is 3.42. The highest BCUT2D eigenvalue weighted by Gasteiger charge is 2.34. The summed E-state index contributed by atoms with van der Waals surface area (Å²) in [6, 6.07) is 7.41. The number of ether oxygens (including phenoxy) is 3. The zero-order chi connectivity index (χ0) is 21.4. The SMILES string of the molecule is CCOC(=O)C(C(=O)OCC)c1cccn(-c2ccc(N=O)cc2COC)c1=O. The van der Waals surface area contributed by atoms with Crippen LogP contribution in [0.5, 0.6) is 0 Å². The normalized spacial score (nSPS) is 10.6.